The van der Waals surface area contributed by atoms with Crippen LogP contribution in [-0.4, -0.2) is 53.3 Å². The maximum absolute atomic E-state index is 12.1. The number of amides is 1. The molecule has 0 spiro atoms. The molecule has 1 aliphatic heterocycles. The highest BCUT2D eigenvalue weighted by atomic mass is 79.9. The summed E-state index contributed by atoms with van der Waals surface area (Å²) in [5, 5.41) is 10.3. The van der Waals surface area contributed by atoms with Crippen molar-refractivity contribution in [3.05, 3.63) is 21.0 Å². The number of piperazine rings is 1. The molecule has 0 bridgehead atoms. The number of rotatable bonds is 5. The van der Waals surface area contributed by atoms with E-state index in [1.807, 2.05) is 11.8 Å². The molecule has 2 heterocycles. The number of hydrogen-bond acceptors (Lipinski definition) is 5. The smallest absolute Gasteiger partial charge is 0.283 e. The van der Waals surface area contributed by atoms with E-state index in [0.717, 1.165) is 32.6 Å². The first-order chi connectivity index (χ1) is 10.1. The van der Waals surface area contributed by atoms with Gasteiger partial charge in [0.25, 0.3) is 5.56 Å². The molecule has 1 amide bonds. The van der Waals surface area contributed by atoms with Crippen LogP contribution >= 0.6 is 15.9 Å². The number of halogens is 1. The van der Waals surface area contributed by atoms with Crippen molar-refractivity contribution in [2.24, 2.45) is 0 Å². The van der Waals surface area contributed by atoms with E-state index in [0.29, 0.717) is 16.7 Å². The first kappa shape index (κ1) is 16.0. The average Bonchev–Trinajstić information content (AvgIpc) is 2.52. The standard InChI is InChI=1S/C13H20BrN5O2/c1-2-5-19-13(21)12(14)10(8-17-19)16-9-11(20)18-6-3-15-4-7-18/h8,15-16H,2-7,9H2,1H3. The Kier molecular flexibility index (Phi) is 5.75. The second-order valence-corrected chi connectivity index (χ2v) is 5.68. The van der Waals surface area contributed by atoms with E-state index >= 15 is 0 Å². The lowest BCUT2D eigenvalue weighted by Gasteiger charge is -2.27. The van der Waals surface area contributed by atoms with Crippen LogP contribution in [0.4, 0.5) is 5.69 Å². The number of carbonyl (C=O) groups is 1. The molecule has 8 heteroatoms. The van der Waals surface area contributed by atoms with E-state index < -0.39 is 0 Å². The zero-order valence-corrected chi connectivity index (χ0v) is 13.6. The Labute approximate surface area is 131 Å². The van der Waals surface area contributed by atoms with Gasteiger partial charge in [0, 0.05) is 32.7 Å². The summed E-state index contributed by atoms with van der Waals surface area (Å²) in [5.74, 6) is 0.0288. The molecule has 0 aliphatic carbocycles. The third-order valence-electron chi connectivity index (χ3n) is 3.32. The van der Waals surface area contributed by atoms with Crippen LogP contribution in [0.3, 0.4) is 0 Å². The van der Waals surface area contributed by atoms with Gasteiger partial charge >= 0.3 is 0 Å². The number of hydrogen-bond donors (Lipinski definition) is 2. The number of aromatic nitrogens is 2. The van der Waals surface area contributed by atoms with Crippen molar-refractivity contribution in [2.75, 3.05) is 38.0 Å². The Balaban J connectivity index is 1.98. The summed E-state index contributed by atoms with van der Waals surface area (Å²) in [6, 6.07) is 0. The van der Waals surface area contributed by atoms with E-state index in [4.69, 9.17) is 0 Å². The van der Waals surface area contributed by atoms with E-state index in [9.17, 15) is 9.59 Å². The minimum absolute atomic E-state index is 0.0288. The van der Waals surface area contributed by atoms with Crippen LogP contribution < -0.4 is 16.2 Å². The summed E-state index contributed by atoms with van der Waals surface area (Å²) < 4.78 is 1.83. The molecular weight excluding hydrogens is 338 g/mol. The molecule has 116 valence electrons. The average molecular weight is 358 g/mol. The fraction of sp³-hybridized carbons (Fsp3) is 0.615. The van der Waals surface area contributed by atoms with E-state index in [1.54, 1.807) is 6.20 Å². The van der Waals surface area contributed by atoms with Gasteiger partial charge in [-0.1, -0.05) is 6.92 Å². The fourth-order valence-electron chi connectivity index (χ4n) is 2.16. The number of nitrogens with zero attached hydrogens (tertiary/aromatic N) is 3. The van der Waals surface area contributed by atoms with Crippen molar-refractivity contribution in [1.82, 2.24) is 20.0 Å². The van der Waals surface area contributed by atoms with Crippen LogP contribution in [0, 0.1) is 0 Å². The lowest BCUT2D eigenvalue weighted by atomic mass is 10.3. The maximum atomic E-state index is 12.1. The quantitative estimate of drug-likeness (QED) is 0.790. The molecule has 0 unspecified atom stereocenters. The molecule has 2 rings (SSSR count). The number of nitrogens with one attached hydrogen (secondary N) is 2. The second kappa shape index (κ2) is 7.56. The molecule has 7 nitrogen and oxygen atoms in total. The third kappa shape index (κ3) is 4.04. The normalized spacial score (nSPS) is 15.0. The highest BCUT2D eigenvalue weighted by Gasteiger charge is 2.16. The maximum Gasteiger partial charge on any atom is 0.283 e. The number of anilines is 1. The Morgan fingerprint density at radius 3 is 2.86 bits per heavy atom. The molecule has 0 atom stereocenters. The Morgan fingerprint density at radius 1 is 1.48 bits per heavy atom. The van der Waals surface area contributed by atoms with Gasteiger partial charge in [0.2, 0.25) is 5.91 Å². The van der Waals surface area contributed by atoms with Gasteiger partial charge in [-0.15, -0.1) is 0 Å². The van der Waals surface area contributed by atoms with Crippen molar-refractivity contribution in [3.63, 3.8) is 0 Å². The third-order valence-corrected chi connectivity index (χ3v) is 4.09. The zero-order valence-electron chi connectivity index (χ0n) is 12.1. The van der Waals surface area contributed by atoms with Gasteiger partial charge < -0.3 is 15.5 Å². The van der Waals surface area contributed by atoms with Gasteiger partial charge in [-0.05, 0) is 22.4 Å². The lowest BCUT2D eigenvalue weighted by Crippen LogP contribution is -2.48. The summed E-state index contributed by atoms with van der Waals surface area (Å²) in [4.78, 5) is 25.9. The van der Waals surface area contributed by atoms with Gasteiger partial charge in [0.05, 0.1) is 18.4 Å². The number of aryl methyl sites for hydroxylation is 1. The number of carbonyl (C=O) groups excluding carboxylic acids is 1. The van der Waals surface area contributed by atoms with Gasteiger partial charge in [0.15, 0.2) is 0 Å². The Bertz CT molecular complexity index is 554. The van der Waals surface area contributed by atoms with Crippen LogP contribution in [0.1, 0.15) is 13.3 Å². The molecule has 1 aromatic heterocycles. The Hall–Kier alpha value is -1.41. The summed E-state index contributed by atoms with van der Waals surface area (Å²) in [7, 11) is 0. The summed E-state index contributed by atoms with van der Waals surface area (Å²) in [6.45, 7) is 5.82. The highest BCUT2D eigenvalue weighted by molar-refractivity contribution is 9.10. The van der Waals surface area contributed by atoms with Crippen molar-refractivity contribution >= 4 is 27.5 Å². The van der Waals surface area contributed by atoms with Crippen LogP contribution in [0.25, 0.3) is 0 Å². The molecule has 0 radical (unpaired) electrons. The summed E-state index contributed by atoms with van der Waals surface area (Å²) in [5.41, 5.74) is 0.368. The highest BCUT2D eigenvalue weighted by Crippen LogP contribution is 2.15. The van der Waals surface area contributed by atoms with Crippen molar-refractivity contribution < 1.29 is 4.79 Å². The lowest BCUT2D eigenvalue weighted by molar-refractivity contribution is -0.129. The van der Waals surface area contributed by atoms with Gasteiger partial charge in [0.1, 0.15) is 4.47 Å². The second-order valence-electron chi connectivity index (χ2n) is 4.88. The van der Waals surface area contributed by atoms with Gasteiger partial charge in [-0.3, -0.25) is 9.59 Å². The van der Waals surface area contributed by atoms with Crippen molar-refractivity contribution in [3.8, 4) is 0 Å². The van der Waals surface area contributed by atoms with Crippen LogP contribution in [-0.2, 0) is 11.3 Å². The molecule has 21 heavy (non-hydrogen) atoms. The molecule has 2 N–H and O–H groups in total. The largest absolute Gasteiger partial charge is 0.374 e. The fourth-order valence-corrected chi connectivity index (χ4v) is 2.60. The Morgan fingerprint density at radius 2 is 2.19 bits per heavy atom. The van der Waals surface area contributed by atoms with Crippen LogP contribution in [0.2, 0.25) is 0 Å². The monoisotopic (exact) mass is 357 g/mol. The van der Waals surface area contributed by atoms with E-state index in [1.165, 1.54) is 4.68 Å². The van der Waals surface area contributed by atoms with Gasteiger partial charge in [-0.25, -0.2) is 4.68 Å². The molecule has 1 aromatic rings. The predicted molar refractivity (Wildman–Crippen MR) is 84.4 cm³/mol. The first-order valence-electron chi connectivity index (χ1n) is 7.11. The molecule has 1 fully saturated rings. The zero-order chi connectivity index (χ0) is 15.2. The van der Waals surface area contributed by atoms with E-state index in [-0.39, 0.29) is 18.0 Å². The SMILES string of the molecule is CCCn1ncc(NCC(=O)N2CCNCC2)c(Br)c1=O. The first-order valence-corrected chi connectivity index (χ1v) is 7.90. The summed E-state index contributed by atoms with van der Waals surface area (Å²) >= 11 is 3.28. The van der Waals surface area contributed by atoms with Crippen LogP contribution in [0.5, 0.6) is 0 Å². The van der Waals surface area contributed by atoms with Gasteiger partial charge in [-0.2, -0.15) is 5.10 Å². The molecule has 1 saturated heterocycles. The summed E-state index contributed by atoms with van der Waals surface area (Å²) in [6.07, 6.45) is 2.42. The molecular formula is C13H20BrN5O2. The minimum Gasteiger partial charge on any atom is -0.374 e. The van der Waals surface area contributed by atoms with Crippen molar-refractivity contribution in [1.29, 1.82) is 0 Å². The molecule has 1 aliphatic rings. The van der Waals surface area contributed by atoms with Crippen LogP contribution in [0.15, 0.2) is 15.5 Å². The van der Waals surface area contributed by atoms with Crippen molar-refractivity contribution in [2.45, 2.75) is 19.9 Å². The molecule has 0 aromatic carbocycles. The van der Waals surface area contributed by atoms with E-state index in [2.05, 4.69) is 31.7 Å². The predicted octanol–water partition coefficient (Wildman–Crippen LogP) is 0.260. The molecule has 0 saturated carbocycles. The topological polar surface area (TPSA) is 79.3 Å². The minimum atomic E-state index is -0.184.